The number of aryl methyl sites for hydroxylation is 1. The minimum Gasteiger partial charge on any atom is -0.497 e. The summed E-state index contributed by atoms with van der Waals surface area (Å²) in [6.45, 7) is 6.89. The standard InChI is InChI=1S/C31H38ClN3O5S/c1-22-15-16-25(32)19-27(22)35(41(6,38)39)21-29(36)34(20-24-13-10-14-26(17-24)40-5)28(30(37)33-31(2,3)4)18-23-11-8-7-9-12-23/h7-17,19,28H,18,20-21H2,1-6H3,(H,33,37)/t28-/m1/s1. The van der Waals surface area contributed by atoms with E-state index < -0.39 is 34.1 Å². The summed E-state index contributed by atoms with van der Waals surface area (Å²) in [6.07, 6.45) is 1.27. The van der Waals surface area contributed by atoms with Crippen LogP contribution in [-0.4, -0.2) is 56.6 Å². The van der Waals surface area contributed by atoms with Crippen LogP contribution < -0.4 is 14.4 Å². The number of carbonyl (C=O) groups excluding carboxylic acids is 2. The minimum atomic E-state index is -3.90. The van der Waals surface area contributed by atoms with E-state index >= 15 is 0 Å². The highest BCUT2D eigenvalue weighted by atomic mass is 35.5. The van der Waals surface area contributed by atoms with Crippen LogP contribution in [0.25, 0.3) is 0 Å². The Labute approximate surface area is 248 Å². The molecule has 2 amide bonds. The second-order valence-corrected chi connectivity index (χ2v) is 13.4. The Morgan fingerprint density at radius 1 is 0.976 bits per heavy atom. The third-order valence-corrected chi connectivity index (χ3v) is 7.74. The Morgan fingerprint density at radius 3 is 2.24 bits per heavy atom. The van der Waals surface area contributed by atoms with Gasteiger partial charge in [-0.2, -0.15) is 0 Å². The number of anilines is 1. The first-order valence-electron chi connectivity index (χ1n) is 13.2. The fraction of sp³-hybridized carbons (Fsp3) is 0.355. The predicted octanol–water partition coefficient (Wildman–Crippen LogP) is 4.98. The zero-order chi connectivity index (χ0) is 30.4. The van der Waals surface area contributed by atoms with Gasteiger partial charge in [0.2, 0.25) is 21.8 Å². The molecule has 0 aromatic heterocycles. The lowest BCUT2D eigenvalue weighted by Crippen LogP contribution is -2.56. The average molecular weight is 600 g/mol. The van der Waals surface area contributed by atoms with Crippen LogP contribution >= 0.6 is 11.6 Å². The molecular weight excluding hydrogens is 562 g/mol. The van der Waals surface area contributed by atoms with Crippen LogP contribution in [-0.2, 0) is 32.6 Å². The van der Waals surface area contributed by atoms with Crippen LogP contribution in [0.4, 0.5) is 5.69 Å². The van der Waals surface area contributed by atoms with E-state index in [-0.39, 0.29) is 18.9 Å². The van der Waals surface area contributed by atoms with Crippen molar-refractivity contribution < 1.29 is 22.7 Å². The van der Waals surface area contributed by atoms with Gasteiger partial charge in [0.25, 0.3) is 0 Å². The largest absolute Gasteiger partial charge is 0.497 e. The first kappa shape index (κ1) is 32.0. The van der Waals surface area contributed by atoms with Gasteiger partial charge in [-0.05, 0) is 68.7 Å². The van der Waals surface area contributed by atoms with Gasteiger partial charge < -0.3 is 15.0 Å². The molecule has 0 spiro atoms. The van der Waals surface area contributed by atoms with Crippen molar-refractivity contribution in [2.45, 2.75) is 52.2 Å². The number of methoxy groups -OCH3 is 1. The monoisotopic (exact) mass is 599 g/mol. The zero-order valence-corrected chi connectivity index (χ0v) is 25.9. The molecule has 220 valence electrons. The van der Waals surface area contributed by atoms with Crippen LogP contribution in [0.15, 0.2) is 72.8 Å². The molecule has 0 aliphatic carbocycles. The van der Waals surface area contributed by atoms with Gasteiger partial charge in [-0.15, -0.1) is 0 Å². The normalized spacial score (nSPS) is 12.4. The van der Waals surface area contributed by atoms with Gasteiger partial charge >= 0.3 is 0 Å². The van der Waals surface area contributed by atoms with E-state index in [1.165, 1.54) is 11.0 Å². The van der Waals surface area contributed by atoms with Crippen molar-refractivity contribution in [2.24, 2.45) is 0 Å². The lowest BCUT2D eigenvalue weighted by Gasteiger charge is -2.35. The van der Waals surface area contributed by atoms with Crippen molar-refractivity contribution in [3.63, 3.8) is 0 Å². The van der Waals surface area contributed by atoms with E-state index in [0.717, 1.165) is 21.7 Å². The first-order valence-corrected chi connectivity index (χ1v) is 15.4. The SMILES string of the molecule is COc1cccc(CN(C(=O)CN(c2cc(Cl)ccc2C)S(C)(=O)=O)[C@H](Cc2ccccc2)C(=O)NC(C)(C)C)c1. The molecule has 0 radical (unpaired) electrons. The average Bonchev–Trinajstić information content (AvgIpc) is 2.89. The van der Waals surface area contributed by atoms with Gasteiger partial charge in [0.05, 0.1) is 19.1 Å². The maximum atomic E-state index is 14.2. The van der Waals surface area contributed by atoms with Crippen molar-refractivity contribution in [3.8, 4) is 5.75 Å². The van der Waals surface area contributed by atoms with Gasteiger partial charge in [0.15, 0.2) is 0 Å². The number of rotatable bonds is 11. The first-order chi connectivity index (χ1) is 19.2. The number of sulfonamides is 1. The van der Waals surface area contributed by atoms with Crippen molar-refractivity contribution >= 4 is 39.1 Å². The maximum Gasteiger partial charge on any atom is 0.244 e. The Kier molecular flexibility index (Phi) is 10.4. The summed E-state index contributed by atoms with van der Waals surface area (Å²) in [6, 6.07) is 20.6. The lowest BCUT2D eigenvalue weighted by atomic mass is 10.0. The molecule has 0 unspecified atom stereocenters. The lowest BCUT2D eigenvalue weighted by molar-refractivity contribution is -0.140. The maximum absolute atomic E-state index is 14.2. The van der Waals surface area contributed by atoms with Gasteiger partial charge in [-0.1, -0.05) is 60.1 Å². The van der Waals surface area contributed by atoms with Crippen LogP contribution in [0.3, 0.4) is 0 Å². The smallest absolute Gasteiger partial charge is 0.244 e. The third-order valence-electron chi connectivity index (χ3n) is 6.38. The number of ether oxygens (including phenoxy) is 1. The zero-order valence-electron chi connectivity index (χ0n) is 24.3. The van der Waals surface area contributed by atoms with E-state index in [9.17, 15) is 18.0 Å². The molecule has 10 heteroatoms. The van der Waals surface area contributed by atoms with Gasteiger partial charge in [0.1, 0.15) is 18.3 Å². The highest BCUT2D eigenvalue weighted by Crippen LogP contribution is 2.27. The summed E-state index contributed by atoms with van der Waals surface area (Å²) in [5.74, 6) is -0.286. The summed E-state index contributed by atoms with van der Waals surface area (Å²) in [5, 5.41) is 3.35. The molecule has 0 bridgehead atoms. The summed E-state index contributed by atoms with van der Waals surface area (Å²) in [4.78, 5) is 29.4. The predicted molar refractivity (Wildman–Crippen MR) is 164 cm³/mol. The number of nitrogens with zero attached hydrogens (tertiary/aromatic N) is 2. The van der Waals surface area contributed by atoms with Crippen molar-refractivity contribution in [1.29, 1.82) is 0 Å². The molecule has 0 fully saturated rings. The van der Waals surface area contributed by atoms with E-state index in [1.807, 2.05) is 57.2 Å². The van der Waals surface area contributed by atoms with Crippen LogP contribution in [0.5, 0.6) is 5.75 Å². The molecule has 8 nitrogen and oxygen atoms in total. The number of hydrogen-bond donors (Lipinski definition) is 1. The van der Waals surface area contributed by atoms with Crippen molar-refractivity contribution in [1.82, 2.24) is 10.2 Å². The number of amides is 2. The Hall–Kier alpha value is -3.56. The molecule has 0 aliphatic rings. The molecule has 0 saturated heterocycles. The molecule has 3 aromatic rings. The number of halogens is 1. The third kappa shape index (κ3) is 9.23. The Morgan fingerprint density at radius 2 is 1.63 bits per heavy atom. The fourth-order valence-electron chi connectivity index (χ4n) is 4.42. The molecule has 3 rings (SSSR count). The van der Waals surface area contributed by atoms with Crippen LogP contribution in [0.1, 0.15) is 37.5 Å². The van der Waals surface area contributed by atoms with Crippen LogP contribution in [0.2, 0.25) is 5.02 Å². The summed E-state index contributed by atoms with van der Waals surface area (Å²) < 4.78 is 32.4. The Balaban J connectivity index is 2.11. The minimum absolute atomic E-state index is 0.0528. The highest BCUT2D eigenvalue weighted by molar-refractivity contribution is 7.92. The molecule has 41 heavy (non-hydrogen) atoms. The number of carbonyl (C=O) groups is 2. The number of nitrogens with one attached hydrogen (secondary N) is 1. The summed E-state index contributed by atoms with van der Waals surface area (Å²) in [7, 11) is -2.35. The fourth-order valence-corrected chi connectivity index (χ4v) is 5.49. The molecule has 3 aromatic carbocycles. The second kappa shape index (κ2) is 13.4. The number of benzene rings is 3. The van der Waals surface area contributed by atoms with Crippen molar-refractivity contribution in [2.75, 3.05) is 24.2 Å². The van der Waals surface area contributed by atoms with E-state index in [4.69, 9.17) is 16.3 Å². The molecule has 0 saturated carbocycles. The van der Waals surface area contributed by atoms with E-state index in [1.54, 1.807) is 44.4 Å². The molecular formula is C31H38ClN3O5S. The molecule has 0 aliphatic heterocycles. The van der Waals surface area contributed by atoms with Crippen LogP contribution in [0, 0.1) is 6.92 Å². The topological polar surface area (TPSA) is 96.0 Å². The quantitative estimate of drug-likeness (QED) is 0.335. The molecule has 1 atom stereocenters. The van der Waals surface area contributed by atoms with Gasteiger partial charge in [0, 0.05) is 23.5 Å². The van der Waals surface area contributed by atoms with E-state index in [2.05, 4.69) is 5.32 Å². The molecule has 0 heterocycles. The van der Waals surface area contributed by atoms with Crippen molar-refractivity contribution in [3.05, 3.63) is 94.5 Å². The molecule has 1 N–H and O–H groups in total. The van der Waals surface area contributed by atoms with Gasteiger partial charge in [-0.3, -0.25) is 13.9 Å². The van der Waals surface area contributed by atoms with E-state index in [0.29, 0.717) is 22.0 Å². The van der Waals surface area contributed by atoms with Gasteiger partial charge in [-0.25, -0.2) is 8.42 Å². The second-order valence-electron chi connectivity index (χ2n) is 11.0. The summed E-state index contributed by atoms with van der Waals surface area (Å²) in [5.41, 5.74) is 1.96. The number of hydrogen-bond acceptors (Lipinski definition) is 5. The summed E-state index contributed by atoms with van der Waals surface area (Å²) >= 11 is 6.21. The Bertz CT molecular complexity index is 1470. The highest BCUT2D eigenvalue weighted by Gasteiger charge is 2.34.